The number of carbonyl (C=O) groups excluding carboxylic acids is 1. The third-order valence-corrected chi connectivity index (χ3v) is 2.40. The fourth-order valence-corrected chi connectivity index (χ4v) is 1.49. The standard InChI is InChI=1S/C12H11NO4/c1-2-13(16)12(15)9-4-3-8-5-6-11(14)17-10(8)7-9/h3-7,16H,2H2,1H3. The van der Waals surface area contributed by atoms with Gasteiger partial charge in [0.1, 0.15) is 5.58 Å². The Morgan fingerprint density at radius 1 is 1.35 bits per heavy atom. The highest BCUT2D eigenvalue weighted by molar-refractivity contribution is 5.96. The molecule has 0 radical (unpaired) electrons. The van der Waals surface area contributed by atoms with Gasteiger partial charge in [0.2, 0.25) is 0 Å². The first kappa shape index (κ1) is 11.3. The molecule has 5 heteroatoms. The number of fused-ring (bicyclic) bond motifs is 1. The first-order valence-electron chi connectivity index (χ1n) is 5.16. The number of carbonyl (C=O) groups is 1. The van der Waals surface area contributed by atoms with Crippen LogP contribution in [-0.2, 0) is 0 Å². The van der Waals surface area contributed by atoms with Gasteiger partial charge in [-0.25, -0.2) is 9.86 Å². The lowest BCUT2D eigenvalue weighted by Crippen LogP contribution is -2.26. The molecular weight excluding hydrogens is 222 g/mol. The van der Waals surface area contributed by atoms with Gasteiger partial charge >= 0.3 is 5.63 Å². The quantitative estimate of drug-likeness (QED) is 0.486. The summed E-state index contributed by atoms with van der Waals surface area (Å²) in [5.41, 5.74) is 0.127. The van der Waals surface area contributed by atoms with E-state index < -0.39 is 11.5 Å². The third kappa shape index (κ3) is 2.19. The number of hydrogen-bond acceptors (Lipinski definition) is 4. The predicted molar refractivity (Wildman–Crippen MR) is 61.0 cm³/mol. The summed E-state index contributed by atoms with van der Waals surface area (Å²) in [5.74, 6) is -0.527. The zero-order valence-electron chi connectivity index (χ0n) is 9.21. The number of amides is 1. The number of benzene rings is 1. The molecule has 2 aromatic rings. The van der Waals surface area contributed by atoms with Gasteiger partial charge < -0.3 is 4.42 Å². The number of nitrogens with zero attached hydrogens (tertiary/aromatic N) is 1. The van der Waals surface area contributed by atoms with Gasteiger partial charge in [0.05, 0.1) is 0 Å². The van der Waals surface area contributed by atoms with E-state index in [9.17, 15) is 14.8 Å². The molecule has 0 aliphatic carbocycles. The monoisotopic (exact) mass is 233 g/mol. The molecule has 2 rings (SSSR count). The van der Waals surface area contributed by atoms with E-state index in [-0.39, 0.29) is 12.1 Å². The fraction of sp³-hybridized carbons (Fsp3) is 0.167. The van der Waals surface area contributed by atoms with E-state index in [2.05, 4.69) is 0 Å². The van der Waals surface area contributed by atoms with Crippen LogP contribution in [0, 0.1) is 0 Å². The highest BCUT2D eigenvalue weighted by Crippen LogP contribution is 2.15. The molecule has 1 amide bonds. The third-order valence-electron chi connectivity index (χ3n) is 2.40. The van der Waals surface area contributed by atoms with Crippen molar-refractivity contribution in [2.24, 2.45) is 0 Å². The molecule has 0 saturated heterocycles. The van der Waals surface area contributed by atoms with Crippen molar-refractivity contribution in [3.8, 4) is 0 Å². The van der Waals surface area contributed by atoms with Gasteiger partial charge in [-0.15, -0.1) is 0 Å². The molecule has 1 aromatic carbocycles. The summed E-state index contributed by atoms with van der Waals surface area (Å²) in [6.45, 7) is 1.84. The largest absolute Gasteiger partial charge is 0.423 e. The van der Waals surface area contributed by atoms with Crippen LogP contribution >= 0.6 is 0 Å². The van der Waals surface area contributed by atoms with E-state index in [0.29, 0.717) is 10.6 Å². The van der Waals surface area contributed by atoms with Crippen LogP contribution < -0.4 is 5.63 Å². The molecule has 1 aromatic heterocycles. The van der Waals surface area contributed by atoms with Crippen LogP contribution in [0.2, 0.25) is 0 Å². The van der Waals surface area contributed by atoms with Gasteiger partial charge in [-0.05, 0) is 25.1 Å². The summed E-state index contributed by atoms with van der Waals surface area (Å²) in [6, 6.07) is 7.61. The lowest BCUT2D eigenvalue weighted by atomic mass is 10.1. The van der Waals surface area contributed by atoms with Crippen LogP contribution in [0.1, 0.15) is 17.3 Å². The van der Waals surface area contributed by atoms with Gasteiger partial charge in [0, 0.05) is 23.6 Å². The lowest BCUT2D eigenvalue weighted by Gasteiger charge is -2.11. The molecule has 88 valence electrons. The SMILES string of the molecule is CCN(O)C(=O)c1ccc2ccc(=O)oc2c1. The van der Waals surface area contributed by atoms with Crippen molar-refractivity contribution >= 4 is 16.9 Å². The Kier molecular flexibility index (Phi) is 2.93. The second-order valence-corrected chi connectivity index (χ2v) is 3.53. The first-order valence-corrected chi connectivity index (χ1v) is 5.16. The molecule has 0 bridgehead atoms. The maximum atomic E-state index is 11.7. The van der Waals surface area contributed by atoms with Gasteiger partial charge in [-0.3, -0.25) is 10.0 Å². The summed E-state index contributed by atoms with van der Waals surface area (Å²) in [7, 11) is 0. The Labute approximate surface area is 96.8 Å². The molecule has 0 fully saturated rings. The molecule has 1 N–H and O–H groups in total. The zero-order valence-corrected chi connectivity index (χ0v) is 9.21. The van der Waals surface area contributed by atoms with E-state index >= 15 is 0 Å². The van der Waals surface area contributed by atoms with Crippen LogP contribution in [0.4, 0.5) is 0 Å². The minimum atomic E-state index is -0.527. The highest BCUT2D eigenvalue weighted by Gasteiger charge is 2.12. The van der Waals surface area contributed by atoms with Crippen LogP contribution in [0.15, 0.2) is 39.5 Å². The van der Waals surface area contributed by atoms with Crippen molar-refractivity contribution in [1.29, 1.82) is 0 Å². The van der Waals surface area contributed by atoms with Gasteiger partial charge in [-0.2, -0.15) is 0 Å². The molecule has 5 nitrogen and oxygen atoms in total. The van der Waals surface area contributed by atoms with Gasteiger partial charge in [-0.1, -0.05) is 6.07 Å². The van der Waals surface area contributed by atoms with Crippen molar-refractivity contribution < 1.29 is 14.4 Å². The van der Waals surface area contributed by atoms with E-state index in [1.165, 1.54) is 12.1 Å². The minimum absolute atomic E-state index is 0.190. The smallest absolute Gasteiger partial charge is 0.336 e. The molecule has 0 aliphatic heterocycles. The summed E-state index contributed by atoms with van der Waals surface area (Å²) < 4.78 is 4.96. The van der Waals surface area contributed by atoms with Crippen LogP contribution in [0.3, 0.4) is 0 Å². The highest BCUT2D eigenvalue weighted by atomic mass is 16.5. The normalized spacial score (nSPS) is 10.5. The summed E-state index contributed by atoms with van der Waals surface area (Å²) >= 11 is 0. The Bertz CT molecular complexity index is 617. The van der Waals surface area contributed by atoms with Crippen molar-refractivity contribution in [2.75, 3.05) is 6.54 Å². The predicted octanol–water partition coefficient (Wildman–Crippen LogP) is 1.64. The molecule has 0 unspecified atom stereocenters. The van der Waals surface area contributed by atoms with Gasteiger partial charge in [0.15, 0.2) is 0 Å². The average Bonchev–Trinajstić information content (AvgIpc) is 2.36. The van der Waals surface area contributed by atoms with Crippen molar-refractivity contribution in [2.45, 2.75) is 6.92 Å². The van der Waals surface area contributed by atoms with E-state index in [4.69, 9.17) is 4.42 Å². The first-order chi connectivity index (χ1) is 8.11. The van der Waals surface area contributed by atoms with Gasteiger partial charge in [0.25, 0.3) is 5.91 Å². The number of hydrogen-bond donors (Lipinski definition) is 1. The zero-order chi connectivity index (χ0) is 12.4. The molecule has 0 atom stereocenters. The minimum Gasteiger partial charge on any atom is -0.423 e. The number of hydroxylamine groups is 2. The molecule has 1 heterocycles. The van der Waals surface area contributed by atoms with E-state index in [1.807, 2.05) is 0 Å². The summed E-state index contributed by atoms with van der Waals surface area (Å²) in [6.07, 6.45) is 0. The fourth-order valence-electron chi connectivity index (χ4n) is 1.49. The van der Waals surface area contributed by atoms with E-state index in [0.717, 1.165) is 5.39 Å². The maximum Gasteiger partial charge on any atom is 0.336 e. The molecule has 0 spiro atoms. The molecular formula is C12H11NO4. The average molecular weight is 233 g/mol. The second-order valence-electron chi connectivity index (χ2n) is 3.53. The van der Waals surface area contributed by atoms with Crippen LogP contribution in [0.25, 0.3) is 11.0 Å². The maximum absolute atomic E-state index is 11.7. The Hall–Kier alpha value is -2.14. The topological polar surface area (TPSA) is 70.8 Å². The molecule has 0 saturated carbocycles. The van der Waals surface area contributed by atoms with Crippen molar-refractivity contribution in [3.63, 3.8) is 0 Å². The van der Waals surface area contributed by atoms with Crippen molar-refractivity contribution in [3.05, 3.63) is 46.3 Å². The van der Waals surface area contributed by atoms with Crippen LogP contribution in [-0.4, -0.2) is 22.7 Å². The summed E-state index contributed by atoms with van der Waals surface area (Å²) in [5, 5.41) is 10.6. The second kappa shape index (κ2) is 4.39. The van der Waals surface area contributed by atoms with E-state index in [1.54, 1.807) is 25.1 Å². The Morgan fingerprint density at radius 3 is 2.76 bits per heavy atom. The lowest BCUT2D eigenvalue weighted by molar-refractivity contribution is -0.0541. The molecule has 0 aliphatic rings. The number of rotatable bonds is 2. The van der Waals surface area contributed by atoms with Crippen molar-refractivity contribution in [1.82, 2.24) is 5.06 Å². The summed E-state index contributed by atoms with van der Waals surface area (Å²) in [4.78, 5) is 22.7. The van der Waals surface area contributed by atoms with Crippen LogP contribution in [0.5, 0.6) is 0 Å². The molecule has 17 heavy (non-hydrogen) atoms. The Morgan fingerprint density at radius 2 is 2.06 bits per heavy atom. The Balaban J connectivity index is 2.50.